The molecule has 3 aromatic heterocycles. The van der Waals surface area contributed by atoms with Crippen molar-refractivity contribution in [1.29, 1.82) is 0 Å². The number of benzene rings is 2. The summed E-state index contributed by atoms with van der Waals surface area (Å²) in [6.07, 6.45) is 0. The van der Waals surface area contributed by atoms with Gasteiger partial charge in [0.25, 0.3) is 5.91 Å². The molecule has 3 heterocycles. The minimum absolute atomic E-state index is 0.00548. The molecule has 0 atom stereocenters. The quantitative estimate of drug-likeness (QED) is 0.226. The lowest BCUT2D eigenvalue weighted by Gasteiger charge is -2.10. The molecule has 9 nitrogen and oxygen atoms in total. The Morgan fingerprint density at radius 1 is 1.09 bits per heavy atom. The third-order valence-corrected chi connectivity index (χ3v) is 5.60. The molecule has 2 aromatic carbocycles. The monoisotopic (exact) mass is 480 g/mol. The number of nitrogens with one attached hydrogen (secondary N) is 2. The van der Waals surface area contributed by atoms with E-state index in [1.165, 1.54) is 12.1 Å². The third kappa shape index (κ3) is 3.55. The molecule has 0 unspecified atom stereocenters. The topological polar surface area (TPSA) is 123 Å². The van der Waals surface area contributed by atoms with Crippen molar-refractivity contribution in [2.75, 3.05) is 5.43 Å². The average Bonchev–Trinajstić information content (AvgIpc) is 3.13. The van der Waals surface area contributed by atoms with Gasteiger partial charge in [-0.1, -0.05) is 29.8 Å². The summed E-state index contributed by atoms with van der Waals surface area (Å²) in [6.45, 7) is 1.85. The number of aromatic nitrogens is 3. The second kappa shape index (κ2) is 7.84. The Morgan fingerprint density at radius 3 is 2.67 bits per heavy atom. The van der Waals surface area contributed by atoms with E-state index >= 15 is 0 Å². The highest BCUT2D eigenvalue weighted by Gasteiger charge is 2.20. The van der Waals surface area contributed by atoms with Crippen molar-refractivity contribution in [2.24, 2.45) is 0 Å². The van der Waals surface area contributed by atoms with Crippen LogP contribution in [-0.4, -0.2) is 20.8 Å². The van der Waals surface area contributed by atoms with E-state index in [0.29, 0.717) is 11.0 Å². The Hall–Kier alpha value is -4.02. The number of aryl methyl sites for hydroxylation is 1. The summed E-state index contributed by atoms with van der Waals surface area (Å²) in [5.41, 5.74) is 2.46. The summed E-state index contributed by atoms with van der Waals surface area (Å²) in [5.74, 6) is -0.634. The molecule has 0 spiro atoms. The molecule has 33 heavy (non-hydrogen) atoms. The van der Waals surface area contributed by atoms with Crippen LogP contribution in [0.3, 0.4) is 0 Å². The number of aromatic amines is 1. The van der Waals surface area contributed by atoms with E-state index in [1.54, 1.807) is 30.3 Å². The van der Waals surface area contributed by atoms with Gasteiger partial charge < -0.3 is 8.83 Å². The Bertz CT molecular complexity index is 1770. The molecule has 0 radical (unpaired) electrons. The fourth-order valence-electron chi connectivity index (χ4n) is 3.42. The zero-order valence-corrected chi connectivity index (χ0v) is 18.4. The second-order valence-electron chi connectivity index (χ2n) is 7.19. The van der Waals surface area contributed by atoms with Crippen LogP contribution in [0.2, 0.25) is 5.02 Å². The molecule has 1 amide bonds. The second-order valence-corrected chi connectivity index (χ2v) is 7.98. The summed E-state index contributed by atoms with van der Waals surface area (Å²) in [4.78, 5) is 38.2. The minimum atomic E-state index is -0.780. The smallest absolute Gasteiger partial charge is 0.347 e. The van der Waals surface area contributed by atoms with Gasteiger partial charge in [-0.3, -0.25) is 10.2 Å². The van der Waals surface area contributed by atoms with E-state index in [9.17, 15) is 14.4 Å². The van der Waals surface area contributed by atoms with Gasteiger partial charge in [-0.2, -0.15) is 5.10 Å². The van der Waals surface area contributed by atoms with Crippen molar-refractivity contribution in [3.05, 3.63) is 90.3 Å². The summed E-state index contributed by atoms with van der Waals surface area (Å²) >= 11 is 11.3. The zero-order chi connectivity index (χ0) is 23.3. The molecular formula is C22H13ClN4O5S. The maximum atomic E-state index is 12.9. The number of H-pyrrole nitrogens is 1. The van der Waals surface area contributed by atoms with Crippen LogP contribution in [0.5, 0.6) is 0 Å². The van der Waals surface area contributed by atoms with Gasteiger partial charge in [0.05, 0.1) is 16.0 Å². The standard InChI is InChI=1S/C22H13ClN4O5S/c1-10-6-7-12-16(8-10)31-20(29)13-9-14(21(30)32-17(12)13)18-24-25-22(33)27(18)26-19(28)11-4-2-3-5-15(11)23/h2-9H,1H3,(H,25,33)(H,26,28). The first kappa shape index (κ1) is 20.9. The Balaban J connectivity index is 1.67. The van der Waals surface area contributed by atoms with Crippen LogP contribution in [0.25, 0.3) is 33.3 Å². The number of hydrogen-bond donors (Lipinski definition) is 2. The largest absolute Gasteiger partial charge is 0.422 e. The van der Waals surface area contributed by atoms with E-state index in [-0.39, 0.29) is 37.7 Å². The van der Waals surface area contributed by atoms with Crippen LogP contribution < -0.4 is 16.7 Å². The first-order valence-corrected chi connectivity index (χ1v) is 10.4. The lowest BCUT2D eigenvalue weighted by molar-refractivity contribution is 0.101. The van der Waals surface area contributed by atoms with Crippen molar-refractivity contribution < 1.29 is 13.6 Å². The molecule has 2 N–H and O–H groups in total. The molecule has 5 rings (SSSR count). The number of rotatable bonds is 3. The number of fused-ring (bicyclic) bond motifs is 3. The Kier molecular flexibility index (Phi) is 4.95. The van der Waals surface area contributed by atoms with Crippen molar-refractivity contribution >= 4 is 51.7 Å². The SMILES string of the molecule is Cc1ccc2c(c1)oc(=O)c1cc(-c3n[nH]c(=S)n3NC(=O)c3ccccc3Cl)c(=O)oc12. The lowest BCUT2D eigenvalue weighted by Crippen LogP contribution is -2.25. The third-order valence-electron chi connectivity index (χ3n) is 5.00. The molecule has 0 aliphatic rings. The van der Waals surface area contributed by atoms with E-state index in [2.05, 4.69) is 15.6 Å². The maximum absolute atomic E-state index is 12.9. The normalized spacial score (nSPS) is 11.2. The molecule has 0 saturated heterocycles. The van der Waals surface area contributed by atoms with Crippen LogP contribution >= 0.6 is 23.8 Å². The van der Waals surface area contributed by atoms with E-state index in [4.69, 9.17) is 32.7 Å². The maximum Gasteiger partial charge on any atom is 0.347 e. The van der Waals surface area contributed by atoms with Gasteiger partial charge in [0, 0.05) is 0 Å². The zero-order valence-electron chi connectivity index (χ0n) is 16.8. The average molecular weight is 481 g/mol. The van der Waals surface area contributed by atoms with Crippen LogP contribution in [0.15, 0.2) is 67.0 Å². The first-order valence-electron chi connectivity index (χ1n) is 9.58. The van der Waals surface area contributed by atoms with Gasteiger partial charge >= 0.3 is 11.3 Å². The highest BCUT2D eigenvalue weighted by molar-refractivity contribution is 7.71. The minimum Gasteiger partial charge on any atom is -0.422 e. The molecule has 164 valence electrons. The Morgan fingerprint density at radius 2 is 1.88 bits per heavy atom. The van der Waals surface area contributed by atoms with Crippen LogP contribution in [-0.2, 0) is 0 Å². The molecule has 11 heteroatoms. The summed E-state index contributed by atoms with van der Waals surface area (Å²) in [7, 11) is 0. The molecule has 0 aliphatic heterocycles. The fraction of sp³-hybridized carbons (Fsp3) is 0.0455. The molecule has 0 aliphatic carbocycles. The van der Waals surface area contributed by atoms with Gasteiger partial charge in [-0.15, -0.1) is 0 Å². The van der Waals surface area contributed by atoms with Crippen molar-refractivity contribution in [3.8, 4) is 11.4 Å². The predicted molar refractivity (Wildman–Crippen MR) is 125 cm³/mol. The van der Waals surface area contributed by atoms with Gasteiger partial charge in [-0.25, -0.2) is 19.4 Å². The summed E-state index contributed by atoms with van der Waals surface area (Å²) < 4.78 is 12.0. The fourth-order valence-corrected chi connectivity index (χ4v) is 3.82. The molecular weight excluding hydrogens is 468 g/mol. The number of hydrogen-bond acceptors (Lipinski definition) is 7. The van der Waals surface area contributed by atoms with E-state index in [1.807, 2.05) is 13.0 Å². The first-order chi connectivity index (χ1) is 15.8. The lowest BCUT2D eigenvalue weighted by atomic mass is 10.1. The number of carbonyl (C=O) groups excluding carboxylic acids is 1. The molecule has 0 saturated carbocycles. The summed E-state index contributed by atoms with van der Waals surface area (Å²) in [6, 6.07) is 12.9. The molecule has 5 aromatic rings. The molecule has 0 fully saturated rings. The Labute approximate surface area is 194 Å². The van der Waals surface area contributed by atoms with Gasteiger partial charge in [-0.05, 0) is 55.0 Å². The number of amides is 1. The molecule has 0 bridgehead atoms. The van der Waals surface area contributed by atoms with Crippen LogP contribution in [0.4, 0.5) is 0 Å². The van der Waals surface area contributed by atoms with E-state index < -0.39 is 17.2 Å². The van der Waals surface area contributed by atoms with Crippen molar-refractivity contribution in [3.63, 3.8) is 0 Å². The van der Waals surface area contributed by atoms with Gasteiger partial charge in [0.15, 0.2) is 11.4 Å². The number of nitrogens with zero attached hydrogens (tertiary/aromatic N) is 2. The van der Waals surface area contributed by atoms with Gasteiger partial charge in [0.1, 0.15) is 16.5 Å². The van der Waals surface area contributed by atoms with Crippen molar-refractivity contribution in [1.82, 2.24) is 14.9 Å². The number of halogens is 1. The van der Waals surface area contributed by atoms with Crippen LogP contribution in [0.1, 0.15) is 15.9 Å². The predicted octanol–water partition coefficient (Wildman–Crippen LogP) is 4.17. The van der Waals surface area contributed by atoms with Crippen LogP contribution in [0, 0.1) is 11.7 Å². The highest BCUT2D eigenvalue weighted by Crippen LogP contribution is 2.25. The highest BCUT2D eigenvalue weighted by atomic mass is 35.5. The number of carbonyl (C=O) groups is 1. The van der Waals surface area contributed by atoms with E-state index in [0.717, 1.165) is 10.2 Å². The summed E-state index contributed by atoms with van der Waals surface area (Å²) in [5, 5.41) is 7.30. The van der Waals surface area contributed by atoms with Crippen molar-refractivity contribution in [2.45, 2.75) is 6.92 Å². The van der Waals surface area contributed by atoms with Gasteiger partial charge in [0.2, 0.25) is 4.77 Å².